The summed E-state index contributed by atoms with van der Waals surface area (Å²) in [6, 6.07) is 0. The summed E-state index contributed by atoms with van der Waals surface area (Å²) in [5.41, 5.74) is 1.72. The number of hydrazine groups is 1. The lowest BCUT2D eigenvalue weighted by atomic mass is 9.93. The van der Waals surface area contributed by atoms with Crippen molar-refractivity contribution in [3.05, 3.63) is 11.3 Å². The molecular weight excluding hydrogens is 216 g/mol. The first-order valence-electron chi connectivity index (χ1n) is 6.53. The van der Waals surface area contributed by atoms with Crippen molar-refractivity contribution in [1.29, 1.82) is 0 Å². The monoisotopic (exact) mass is 242 g/mol. The first kappa shape index (κ1) is 16.0. The molecule has 0 bridgehead atoms. The molecule has 2 N–H and O–H groups in total. The van der Waals surface area contributed by atoms with Crippen molar-refractivity contribution >= 4 is 5.97 Å². The highest BCUT2D eigenvalue weighted by atomic mass is 16.5. The third-order valence-electron chi connectivity index (χ3n) is 2.80. The summed E-state index contributed by atoms with van der Waals surface area (Å²) >= 11 is 0. The Bertz CT molecular complexity index is 254. The second kappa shape index (κ2) is 9.05. The van der Waals surface area contributed by atoms with Gasteiger partial charge in [-0.25, -0.2) is 10.6 Å². The number of likely N-dealkylation sites (N-methyl/N-ethyl adjacent to an activating group) is 1. The minimum absolute atomic E-state index is 0.309. The number of ether oxygens (including phenoxy) is 1. The molecule has 0 aromatic rings. The van der Waals surface area contributed by atoms with Gasteiger partial charge in [0.15, 0.2) is 0 Å². The molecule has 0 aromatic carbocycles. The van der Waals surface area contributed by atoms with Crippen LogP contribution in [0.1, 0.15) is 52.9 Å². The van der Waals surface area contributed by atoms with Gasteiger partial charge in [-0.05, 0) is 38.2 Å². The van der Waals surface area contributed by atoms with Crippen molar-refractivity contribution in [2.24, 2.45) is 5.84 Å². The molecule has 4 heteroatoms. The molecule has 100 valence electrons. The van der Waals surface area contributed by atoms with E-state index < -0.39 is 0 Å². The molecule has 17 heavy (non-hydrogen) atoms. The van der Waals surface area contributed by atoms with Crippen LogP contribution in [0.2, 0.25) is 0 Å². The number of hydrogen-bond donors (Lipinski definition) is 1. The Labute approximate surface area is 105 Å². The van der Waals surface area contributed by atoms with Crippen LogP contribution >= 0.6 is 0 Å². The Kier molecular flexibility index (Phi) is 8.50. The minimum Gasteiger partial charge on any atom is -0.464 e. The van der Waals surface area contributed by atoms with Crippen LogP contribution in [-0.2, 0) is 9.53 Å². The van der Waals surface area contributed by atoms with Gasteiger partial charge in [0, 0.05) is 6.54 Å². The highest BCUT2D eigenvalue weighted by Crippen LogP contribution is 2.26. The van der Waals surface area contributed by atoms with Crippen LogP contribution in [0.15, 0.2) is 11.3 Å². The fourth-order valence-electron chi connectivity index (χ4n) is 1.93. The highest BCUT2D eigenvalue weighted by Gasteiger charge is 2.21. The zero-order valence-electron chi connectivity index (χ0n) is 11.6. The Morgan fingerprint density at radius 3 is 2.24 bits per heavy atom. The van der Waals surface area contributed by atoms with E-state index in [0.29, 0.717) is 12.2 Å². The van der Waals surface area contributed by atoms with Crippen molar-refractivity contribution in [2.75, 3.05) is 13.7 Å². The molecule has 0 aromatic heterocycles. The summed E-state index contributed by atoms with van der Waals surface area (Å²) < 4.78 is 4.77. The number of nitrogens with two attached hydrogens (primary N) is 1. The zero-order valence-corrected chi connectivity index (χ0v) is 11.6. The second-order valence-electron chi connectivity index (χ2n) is 3.79. The molecule has 1 fully saturated rings. The molecular formula is C13H26N2O2. The van der Waals surface area contributed by atoms with Gasteiger partial charge < -0.3 is 9.75 Å². The van der Waals surface area contributed by atoms with Crippen molar-refractivity contribution in [3.63, 3.8) is 0 Å². The van der Waals surface area contributed by atoms with E-state index in [1.165, 1.54) is 18.5 Å². The molecule has 0 radical (unpaired) electrons. The summed E-state index contributed by atoms with van der Waals surface area (Å²) in [5.74, 6) is 5.49. The number of nitrogens with zero attached hydrogens (tertiary/aromatic N) is 1. The Balaban J connectivity index is 0.00000121. The SMILES string of the molecule is CC.CCN(N)C(C(=O)OC)=C1CCCCC1. The van der Waals surface area contributed by atoms with Gasteiger partial charge in [0.05, 0.1) is 7.11 Å². The smallest absolute Gasteiger partial charge is 0.355 e. The van der Waals surface area contributed by atoms with Crippen molar-refractivity contribution in [2.45, 2.75) is 52.9 Å². The number of esters is 1. The lowest BCUT2D eigenvalue weighted by molar-refractivity contribution is -0.138. The Morgan fingerprint density at radius 1 is 1.29 bits per heavy atom. The van der Waals surface area contributed by atoms with Crippen molar-refractivity contribution < 1.29 is 9.53 Å². The van der Waals surface area contributed by atoms with Gasteiger partial charge in [-0.1, -0.05) is 20.3 Å². The molecule has 0 heterocycles. The quantitative estimate of drug-likeness (QED) is 0.358. The Morgan fingerprint density at radius 2 is 1.82 bits per heavy atom. The number of allylic oxidation sites excluding steroid dienone is 1. The number of carbonyl (C=O) groups excluding carboxylic acids is 1. The van der Waals surface area contributed by atoms with Crippen molar-refractivity contribution in [1.82, 2.24) is 5.01 Å². The van der Waals surface area contributed by atoms with Crippen LogP contribution in [0.25, 0.3) is 0 Å². The molecule has 0 aliphatic heterocycles. The molecule has 0 atom stereocenters. The van der Waals surface area contributed by atoms with E-state index in [2.05, 4.69) is 0 Å². The maximum Gasteiger partial charge on any atom is 0.355 e. The minimum atomic E-state index is -0.309. The number of rotatable bonds is 3. The van der Waals surface area contributed by atoms with Crippen LogP contribution in [-0.4, -0.2) is 24.6 Å². The molecule has 0 unspecified atom stereocenters. The standard InChI is InChI=1S/C11H20N2O2.C2H6/c1-3-13(12)10(11(14)15-2)9-7-5-4-6-8-9;1-2/h3-8,12H2,1-2H3;1-2H3. The fourth-order valence-corrected chi connectivity index (χ4v) is 1.93. The lowest BCUT2D eigenvalue weighted by Gasteiger charge is -2.24. The summed E-state index contributed by atoms with van der Waals surface area (Å²) in [7, 11) is 1.40. The highest BCUT2D eigenvalue weighted by molar-refractivity contribution is 5.88. The van der Waals surface area contributed by atoms with Gasteiger partial charge in [-0.15, -0.1) is 0 Å². The largest absolute Gasteiger partial charge is 0.464 e. The van der Waals surface area contributed by atoms with E-state index >= 15 is 0 Å². The molecule has 1 rings (SSSR count). The van der Waals surface area contributed by atoms with E-state index in [4.69, 9.17) is 10.6 Å². The average Bonchev–Trinajstić information content (AvgIpc) is 2.42. The van der Waals surface area contributed by atoms with E-state index in [9.17, 15) is 4.79 Å². The third kappa shape index (κ3) is 4.77. The van der Waals surface area contributed by atoms with Gasteiger partial charge in [0.2, 0.25) is 0 Å². The average molecular weight is 242 g/mol. The first-order valence-corrected chi connectivity index (χ1v) is 6.53. The molecule has 0 amide bonds. The third-order valence-corrected chi connectivity index (χ3v) is 2.80. The molecule has 1 aliphatic rings. The van der Waals surface area contributed by atoms with Crippen LogP contribution in [0.3, 0.4) is 0 Å². The van der Waals surface area contributed by atoms with Crippen LogP contribution in [0, 0.1) is 0 Å². The summed E-state index contributed by atoms with van der Waals surface area (Å²) in [4.78, 5) is 11.6. The fraction of sp³-hybridized carbons (Fsp3) is 0.769. The number of hydrogen-bond acceptors (Lipinski definition) is 4. The molecule has 1 saturated carbocycles. The number of carbonyl (C=O) groups is 1. The van der Waals surface area contributed by atoms with Gasteiger partial charge in [0.25, 0.3) is 0 Å². The summed E-state index contributed by atoms with van der Waals surface area (Å²) in [6.07, 6.45) is 5.48. The second-order valence-corrected chi connectivity index (χ2v) is 3.79. The predicted octanol–water partition coefficient (Wildman–Crippen LogP) is 2.60. The van der Waals surface area contributed by atoms with Gasteiger partial charge in [0.1, 0.15) is 5.70 Å². The molecule has 1 aliphatic carbocycles. The van der Waals surface area contributed by atoms with Crippen LogP contribution in [0.5, 0.6) is 0 Å². The van der Waals surface area contributed by atoms with Gasteiger partial charge >= 0.3 is 5.97 Å². The first-order chi connectivity index (χ1) is 8.20. The summed E-state index contributed by atoms with van der Waals surface area (Å²) in [5, 5.41) is 1.49. The van der Waals surface area contributed by atoms with Gasteiger partial charge in [-0.2, -0.15) is 0 Å². The van der Waals surface area contributed by atoms with E-state index in [-0.39, 0.29) is 5.97 Å². The number of methoxy groups -OCH3 is 1. The maximum absolute atomic E-state index is 11.6. The topological polar surface area (TPSA) is 55.6 Å². The van der Waals surface area contributed by atoms with Crippen molar-refractivity contribution in [3.8, 4) is 0 Å². The van der Waals surface area contributed by atoms with E-state index in [0.717, 1.165) is 31.3 Å². The molecule has 0 saturated heterocycles. The Hall–Kier alpha value is -1.03. The van der Waals surface area contributed by atoms with E-state index in [1.54, 1.807) is 0 Å². The molecule has 4 nitrogen and oxygen atoms in total. The zero-order chi connectivity index (χ0) is 13.3. The van der Waals surface area contributed by atoms with Crippen LogP contribution in [0.4, 0.5) is 0 Å². The van der Waals surface area contributed by atoms with Crippen LogP contribution < -0.4 is 5.84 Å². The predicted molar refractivity (Wildman–Crippen MR) is 70.0 cm³/mol. The maximum atomic E-state index is 11.6. The van der Waals surface area contributed by atoms with E-state index in [1.807, 2.05) is 20.8 Å². The summed E-state index contributed by atoms with van der Waals surface area (Å²) in [6.45, 7) is 6.54. The molecule has 0 spiro atoms. The van der Waals surface area contributed by atoms with Gasteiger partial charge in [-0.3, -0.25) is 0 Å². The normalized spacial score (nSPS) is 14.5. The lowest BCUT2D eigenvalue weighted by Crippen LogP contribution is -2.35.